The van der Waals surface area contributed by atoms with Crippen molar-refractivity contribution in [2.75, 3.05) is 5.73 Å². The third-order valence-corrected chi connectivity index (χ3v) is 3.29. The number of hydrogen-bond donors (Lipinski definition) is 1. The topological polar surface area (TPSA) is 48.0 Å². The third kappa shape index (κ3) is 1.86. The summed E-state index contributed by atoms with van der Waals surface area (Å²) in [6.07, 6.45) is 0. The van der Waals surface area contributed by atoms with Gasteiger partial charge in [-0.25, -0.2) is 4.39 Å². The Bertz CT molecular complexity index is 574. The van der Waals surface area contributed by atoms with E-state index in [4.69, 9.17) is 5.73 Å². The van der Waals surface area contributed by atoms with Crippen LogP contribution in [-0.2, 0) is 6.54 Å². The highest BCUT2D eigenvalue weighted by atomic mass is 32.1. The van der Waals surface area contributed by atoms with Crippen LogP contribution in [-0.4, -0.2) is 4.57 Å². The summed E-state index contributed by atoms with van der Waals surface area (Å²) < 4.78 is 15.2. The summed E-state index contributed by atoms with van der Waals surface area (Å²) in [5.41, 5.74) is 6.84. The largest absolute Gasteiger partial charge is 0.396 e. The Morgan fingerprint density at radius 3 is 2.88 bits per heavy atom. The molecule has 0 saturated heterocycles. The SMILES string of the molecule is Cc1csc(=O)n1Cc1cccc(N)c1F. The van der Waals surface area contributed by atoms with Gasteiger partial charge < -0.3 is 5.73 Å². The first-order valence-corrected chi connectivity index (χ1v) is 5.65. The number of benzene rings is 1. The summed E-state index contributed by atoms with van der Waals surface area (Å²) in [4.78, 5) is 11.4. The molecule has 0 saturated carbocycles. The van der Waals surface area contributed by atoms with Crippen LogP contribution in [0.15, 0.2) is 28.4 Å². The van der Waals surface area contributed by atoms with Gasteiger partial charge in [-0.1, -0.05) is 23.5 Å². The van der Waals surface area contributed by atoms with Gasteiger partial charge in [0.15, 0.2) is 5.82 Å². The maximum atomic E-state index is 13.6. The monoisotopic (exact) mass is 238 g/mol. The van der Waals surface area contributed by atoms with Crippen LogP contribution in [0.3, 0.4) is 0 Å². The van der Waals surface area contributed by atoms with Crippen LogP contribution < -0.4 is 10.6 Å². The van der Waals surface area contributed by atoms with Gasteiger partial charge in [0.25, 0.3) is 0 Å². The van der Waals surface area contributed by atoms with Gasteiger partial charge in [-0.3, -0.25) is 9.36 Å². The minimum atomic E-state index is -0.444. The fraction of sp³-hybridized carbons (Fsp3) is 0.182. The zero-order valence-electron chi connectivity index (χ0n) is 8.74. The molecule has 1 aromatic carbocycles. The van der Waals surface area contributed by atoms with E-state index in [0.717, 1.165) is 17.0 Å². The molecule has 3 nitrogen and oxygen atoms in total. The highest BCUT2D eigenvalue weighted by Gasteiger charge is 2.09. The Balaban J connectivity index is 2.42. The van der Waals surface area contributed by atoms with Gasteiger partial charge in [0.05, 0.1) is 12.2 Å². The van der Waals surface area contributed by atoms with Crippen molar-refractivity contribution >= 4 is 17.0 Å². The molecule has 5 heteroatoms. The van der Waals surface area contributed by atoms with E-state index >= 15 is 0 Å². The van der Waals surface area contributed by atoms with Gasteiger partial charge in [-0.15, -0.1) is 0 Å². The average Bonchev–Trinajstić information content (AvgIpc) is 2.56. The Hall–Kier alpha value is -1.62. The van der Waals surface area contributed by atoms with Crippen LogP contribution in [0.25, 0.3) is 0 Å². The number of nitrogens with two attached hydrogens (primary N) is 1. The van der Waals surface area contributed by atoms with E-state index in [1.165, 1.54) is 10.6 Å². The van der Waals surface area contributed by atoms with Crippen molar-refractivity contribution in [3.63, 3.8) is 0 Å². The number of aromatic nitrogens is 1. The maximum Gasteiger partial charge on any atom is 0.307 e. The van der Waals surface area contributed by atoms with Gasteiger partial charge in [-0.2, -0.15) is 0 Å². The van der Waals surface area contributed by atoms with Crippen molar-refractivity contribution < 1.29 is 4.39 Å². The molecule has 0 aliphatic rings. The molecular weight excluding hydrogens is 227 g/mol. The summed E-state index contributed by atoms with van der Waals surface area (Å²) in [6, 6.07) is 4.82. The summed E-state index contributed by atoms with van der Waals surface area (Å²) in [6.45, 7) is 2.05. The summed E-state index contributed by atoms with van der Waals surface area (Å²) >= 11 is 1.11. The van der Waals surface area contributed by atoms with Gasteiger partial charge in [0.1, 0.15) is 0 Å². The molecule has 1 aromatic heterocycles. The minimum Gasteiger partial charge on any atom is -0.396 e. The number of thiazole rings is 1. The van der Waals surface area contributed by atoms with Crippen LogP contribution >= 0.6 is 11.3 Å². The predicted molar refractivity (Wildman–Crippen MR) is 63.2 cm³/mol. The molecule has 0 unspecified atom stereocenters. The summed E-state index contributed by atoms with van der Waals surface area (Å²) in [5.74, 6) is -0.444. The summed E-state index contributed by atoms with van der Waals surface area (Å²) in [5, 5.41) is 1.76. The Morgan fingerprint density at radius 1 is 1.50 bits per heavy atom. The van der Waals surface area contributed by atoms with Crippen LogP contribution in [0, 0.1) is 12.7 Å². The lowest BCUT2D eigenvalue weighted by Gasteiger charge is -2.07. The second kappa shape index (κ2) is 4.09. The average molecular weight is 238 g/mol. The molecule has 1 heterocycles. The van der Waals surface area contributed by atoms with Crippen molar-refractivity contribution in [3.05, 3.63) is 50.3 Å². The zero-order valence-corrected chi connectivity index (χ0v) is 9.55. The number of nitrogen functional groups attached to an aromatic ring is 1. The van der Waals surface area contributed by atoms with E-state index in [-0.39, 0.29) is 17.1 Å². The molecule has 2 rings (SSSR count). The first-order valence-electron chi connectivity index (χ1n) is 4.77. The molecule has 0 aliphatic carbocycles. The van der Waals surface area contributed by atoms with Gasteiger partial charge >= 0.3 is 4.87 Å². The number of rotatable bonds is 2. The fourth-order valence-electron chi connectivity index (χ4n) is 1.49. The molecule has 0 spiro atoms. The Kier molecular flexibility index (Phi) is 2.78. The van der Waals surface area contributed by atoms with Crippen LogP contribution in [0.1, 0.15) is 11.3 Å². The van der Waals surface area contributed by atoms with E-state index < -0.39 is 5.82 Å². The summed E-state index contributed by atoms with van der Waals surface area (Å²) in [7, 11) is 0. The zero-order chi connectivity index (χ0) is 11.7. The predicted octanol–water partition coefficient (Wildman–Crippen LogP) is 1.99. The van der Waals surface area contributed by atoms with Gasteiger partial charge in [0, 0.05) is 16.6 Å². The second-order valence-corrected chi connectivity index (χ2v) is 4.37. The van der Waals surface area contributed by atoms with Crippen LogP contribution in [0.5, 0.6) is 0 Å². The molecule has 0 radical (unpaired) electrons. The van der Waals surface area contributed by atoms with E-state index in [9.17, 15) is 9.18 Å². The highest BCUT2D eigenvalue weighted by molar-refractivity contribution is 7.07. The van der Waals surface area contributed by atoms with Crippen molar-refractivity contribution in [3.8, 4) is 0 Å². The Labute approximate surface area is 96.0 Å². The van der Waals surface area contributed by atoms with Crippen LogP contribution in [0.2, 0.25) is 0 Å². The molecule has 0 fully saturated rings. The first kappa shape index (κ1) is 10.9. The number of nitrogens with zero attached hydrogens (tertiary/aromatic N) is 1. The molecule has 0 amide bonds. The molecule has 0 atom stereocenters. The van der Waals surface area contributed by atoms with E-state index in [0.29, 0.717) is 5.56 Å². The van der Waals surface area contributed by atoms with E-state index in [2.05, 4.69) is 0 Å². The van der Waals surface area contributed by atoms with E-state index in [1.54, 1.807) is 17.5 Å². The lowest BCUT2D eigenvalue weighted by atomic mass is 10.2. The van der Waals surface area contributed by atoms with E-state index in [1.807, 2.05) is 6.92 Å². The third-order valence-electron chi connectivity index (χ3n) is 2.41. The second-order valence-electron chi connectivity index (χ2n) is 3.55. The van der Waals surface area contributed by atoms with Gasteiger partial charge in [-0.05, 0) is 13.0 Å². The molecule has 2 aromatic rings. The molecule has 2 N–H and O–H groups in total. The fourth-order valence-corrected chi connectivity index (χ4v) is 2.22. The van der Waals surface area contributed by atoms with Gasteiger partial charge in [0.2, 0.25) is 0 Å². The molecule has 0 bridgehead atoms. The molecule has 84 valence electrons. The van der Waals surface area contributed by atoms with Crippen molar-refractivity contribution in [1.82, 2.24) is 4.57 Å². The lowest BCUT2D eigenvalue weighted by molar-refractivity contribution is 0.600. The van der Waals surface area contributed by atoms with Crippen molar-refractivity contribution in [2.24, 2.45) is 0 Å². The number of hydrogen-bond acceptors (Lipinski definition) is 3. The smallest absolute Gasteiger partial charge is 0.307 e. The highest BCUT2D eigenvalue weighted by Crippen LogP contribution is 2.16. The number of halogens is 1. The standard InChI is InChI=1S/C11H11FN2OS/c1-7-6-16-11(15)14(7)5-8-3-2-4-9(13)10(8)12/h2-4,6H,5,13H2,1H3. The minimum absolute atomic E-state index is 0.0840. The first-order chi connectivity index (χ1) is 7.59. The quantitative estimate of drug-likeness (QED) is 0.813. The van der Waals surface area contributed by atoms with Crippen LogP contribution in [0.4, 0.5) is 10.1 Å². The number of aryl methyl sites for hydroxylation is 1. The number of anilines is 1. The normalized spacial score (nSPS) is 10.6. The Morgan fingerprint density at radius 2 is 2.25 bits per heavy atom. The molecule has 16 heavy (non-hydrogen) atoms. The van der Waals surface area contributed by atoms with Crippen molar-refractivity contribution in [1.29, 1.82) is 0 Å². The molecular formula is C11H11FN2OS. The molecule has 0 aliphatic heterocycles. The lowest BCUT2D eigenvalue weighted by Crippen LogP contribution is -2.16. The maximum absolute atomic E-state index is 13.6. The van der Waals surface area contributed by atoms with Crippen molar-refractivity contribution in [2.45, 2.75) is 13.5 Å².